The third-order valence-corrected chi connectivity index (χ3v) is 3.85. The fourth-order valence-corrected chi connectivity index (χ4v) is 2.77. The Morgan fingerprint density at radius 1 is 1.43 bits per heavy atom. The zero-order valence-corrected chi connectivity index (χ0v) is 13.9. The number of ether oxygens (including phenoxy) is 1. The largest absolute Gasteiger partial charge is 0.494 e. The van der Waals surface area contributed by atoms with E-state index >= 15 is 0 Å². The number of hydrazine groups is 1. The van der Waals surface area contributed by atoms with Gasteiger partial charge < -0.3 is 4.74 Å². The molecule has 1 atom stereocenters. The molecular formula is C15H21BrN4O. The lowest BCUT2D eigenvalue weighted by molar-refractivity contribution is 0.317. The molecule has 1 aromatic carbocycles. The highest BCUT2D eigenvalue weighted by atomic mass is 79.9. The highest BCUT2D eigenvalue weighted by Gasteiger charge is 2.20. The minimum absolute atomic E-state index is 0.146. The molecule has 1 aromatic heterocycles. The lowest BCUT2D eigenvalue weighted by Gasteiger charge is -2.19. The smallest absolute Gasteiger partial charge is 0.119 e. The molecule has 0 saturated heterocycles. The highest BCUT2D eigenvalue weighted by Crippen LogP contribution is 2.29. The van der Waals surface area contributed by atoms with Gasteiger partial charge in [0.05, 0.1) is 29.0 Å². The van der Waals surface area contributed by atoms with E-state index in [0.29, 0.717) is 6.61 Å². The van der Waals surface area contributed by atoms with Crippen molar-refractivity contribution in [1.82, 2.24) is 15.2 Å². The van der Waals surface area contributed by atoms with Gasteiger partial charge in [-0.2, -0.15) is 5.10 Å². The lowest BCUT2D eigenvalue weighted by atomic mass is 10.0. The van der Waals surface area contributed by atoms with E-state index < -0.39 is 0 Å². The number of rotatable bonds is 7. The second kappa shape index (κ2) is 7.59. The molecule has 2 aromatic rings. The molecule has 0 spiro atoms. The molecule has 2 rings (SSSR count). The van der Waals surface area contributed by atoms with E-state index in [9.17, 15) is 0 Å². The molecule has 1 heterocycles. The van der Waals surface area contributed by atoms with Crippen molar-refractivity contribution < 1.29 is 4.74 Å². The Morgan fingerprint density at radius 3 is 2.90 bits per heavy atom. The number of nitrogens with one attached hydrogen (secondary N) is 1. The molecule has 114 valence electrons. The van der Waals surface area contributed by atoms with Gasteiger partial charge in [0, 0.05) is 6.54 Å². The first-order chi connectivity index (χ1) is 10.2. The van der Waals surface area contributed by atoms with Gasteiger partial charge in [0.2, 0.25) is 0 Å². The van der Waals surface area contributed by atoms with Gasteiger partial charge >= 0.3 is 0 Å². The van der Waals surface area contributed by atoms with Crippen LogP contribution in [-0.2, 0) is 6.54 Å². The van der Waals surface area contributed by atoms with E-state index in [0.717, 1.165) is 34.4 Å². The van der Waals surface area contributed by atoms with Gasteiger partial charge in [-0.05, 0) is 47.0 Å². The Bertz CT molecular complexity index is 585. The first kappa shape index (κ1) is 16.0. The monoisotopic (exact) mass is 352 g/mol. The van der Waals surface area contributed by atoms with Crippen LogP contribution in [0.25, 0.3) is 0 Å². The van der Waals surface area contributed by atoms with E-state index in [1.54, 1.807) is 6.20 Å². The summed E-state index contributed by atoms with van der Waals surface area (Å²) in [5.74, 6) is 6.64. The van der Waals surface area contributed by atoms with Crippen LogP contribution < -0.4 is 16.0 Å². The summed E-state index contributed by atoms with van der Waals surface area (Å²) < 4.78 is 8.55. The molecule has 0 fully saturated rings. The number of aromatic nitrogens is 2. The third-order valence-electron chi connectivity index (χ3n) is 3.24. The average Bonchev–Trinajstić information content (AvgIpc) is 2.88. The maximum atomic E-state index is 5.79. The summed E-state index contributed by atoms with van der Waals surface area (Å²) in [6, 6.07) is 7.83. The molecule has 1 unspecified atom stereocenters. The van der Waals surface area contributed by atoms with Crippen LogP contribution in [0.2, 0.25) is 0 Å². The van der Waals surface area contributed by atoms with Gasteiger partial charge in [-0.1, -0.05) is 19.1 Å². The zero-order valence-electron chi connectivity index (χ0n) is 12.3. The highest BCUT2D eigenvalue weighted by molar-refractivity contribution is 9.10. The molecule has 0 bridgehead atoms. The molecule has 0 aliphatic rings. The number of halogens is 1. The Balaban J connectivity index is 2.34. The molecule has 0 saturated carbocycles. The lowest BCUT2D eigenvalue weighted by Crippen LogP contribution is -2.31. The number of hydrogen-bond donors (Lipinski definition) is 2. The first-order valence-electron chi connectivity index (χ1n) is 7.11. The van der Waals surface area contributed by atoms with Crippen LogP contribution in [0.4, 0.5) is 0 Å². The Kier molecular flexibility index (Phi) is 5.78. The molecule has 0 radical (unpaired) electrons. The molecule has 5 nitrogen and oxygen atoms in total. The average molecular weight is 353 g/mol. The van der Waals surface area contributed by atoms with Crippen molar-refractivity contribution >= 4 is 15.9 Å². The summed E-state index contributed by atoms with van der Waals surface area (Å²) in [6.07, 6.45) is 2.78. The zero-order chi connectivity index (χ0) is 15.2. The van der Waals surface area contributed by atoms with Gasteiger partial charge in [-0.25, -0.2) is 5.43 Å². The fraction of sp³-hybridized carbons (Fsp3) is 0.400. The normalized spacial score (nSPS) is 12.4. The molecule has 21 heavy (non-hydrogen) atoms. The maximum Gasteiger partial charge on any atom is 0.119 e. The third kappa shape index (κ3) is 3.64. The van der Waals surface area contributed by atoms with Gasteiger partial charge in [-0.15, -0.1) is 0 Å². The van der Waals surface area contributed by atoms with Gasteiger partial charge in [0.1, 0.15) is 5.75 Å². The first-order valence-corrected chi connectivity index (χ1v) is 7.90. The van der Waals surface area contributed by atoms with Crippen LogP contribution >= 0.6 is 15.9 Å². The van der Waals surface area contributed by atoms with Crippen molar-refractivity contribution in [2.75, 3.05) is 6.61 Å². The summed E-state index contributed by atoms with van der Waals surface area (Å²) in [5.41, 5.74) is 4.92. The number of hydrogen-bond acceptors (Lipinski definition) is 4. The number of aryl methyl sites for hydroxylation is 1. The van der Waals surface area contributed by atoms with Crippen molar-refractivity contribution in [3.63, 3.8) is 0 Å². The topological polar surface area (TPSA) is 65.1 Å². The van der Waals surface area contributed by atoms with Crippen LogP contribution in [0.5, 0.6) is 5.75 Å². The molecular weight excluding hydrogens is 332 g/mol. The van der Waals surface area contributed by atoms with E-state index in [-0.39, 0.29) is 6.04 Å². The van der Waals surface area contributed by atoms with Crippen molar-refractivity contribution in [1.29, 1.82) is 0 Å². The maximum absolute atomic E-state index is 5.79. The number of nitrogens with two attached hydrogens (primary N) is 1. The predicted octanol–water partition coefficient (Wildman–Crippen LogP) is 3.01. The number of nitrogens with zero attached hydrogens (tertiary/aromatic N) is 2. The van der Waals surface area contributed by atoms with Gasteiger partial charge in [0.25, 0.3) is 0 Å². The summed E-state index contributed by atoms with van der Waals surface area (Å²) in [4.78, 5) is 0. The van der Waals surface area contributed by atoms with E-state index in [1.807, 2.05) is 28.9 Å². The summed E-state index contributed by atoms with van der Waals surface area (Å²) in [5, 5.41) is 4.34. The van der Waals surface area contributed by atoms with Crippen LogP contribution in [0.1, 0.15) is 37.6 Å². The molecule has 0 aliphatic carbocycles. The van der Waals surface area contributed by atoms with Gasteiger partial charge in [-0.3, -0.25) is 10.5 Å². The second-order valence-corrected chi connectivity index (χ2v) is 5.57. The van der Waals surface area contributed by atoms with Crippen molar-refractivity contribution in [3.05, 3.63) is 46.2 Å². The quantitative estimate of drug-likeness (QED) is 0.593. The SMILES string of the molecule is CCCOc1cccc(C(NN)c2c(Br)cnn2CC)c1. The minimum Gasteiger partial charge on any atom is -0.494 e. The standard InChI is InChI=1S/C15H21BrN4O/c1-3-8-21-12-7-5-6-11(9-12)14(19-17)15-13(16)10-18-20(15)4-2/h5-7,9-10,14,19H,3-4,8,17H2,1-2H3. The van der Waals surface area contributed by atoms with Crippen LogP contribution in [0.3, 0.4) is 0 Å². The number of benzene rings is 1. The van der Waals surface area contributed by atoms with Crippen LogP contribution in [0, 0.1) is 0 Å². The fourth-order valence-electron chi connectivity index (χ4n) is 2.25. The van der Waals surface area contributed by atoms with E-state index in [1.165, 1.54) is 0 Å². The van der Waals surface area contributed by atoms with Crippen LogP contribution in [0.15, 0.2) is 34.9 Å². The van der Waals surface area contributed by atoms with Crippen molar-refractivity contribution in [2.45, 2.75) is 32.9 Å². The predicted molar refractivity (Wildman–Crippen MR) is 87.0 cm³/mol. The summed E-state index contributed by atoms with van der Waals surface area (Å²) >= 11 is 3.55. The van der Waals surface area contributed by atoms with E-state index in [2.05, 4.69) is 40.3 Å². The molecule has 3 N–H and O–H groups in total. The van der Waals surface area contributed by atoms with E-state index in [4.69, 9.17) is 10.6 Å². The minimum atomic E-state index is -0.146. The molecule has 0 aliphatic heterocycles. The van der Waals surface area contributed by atoms with Crippen molar-refractivity contribution in [3.8, 4) is 5.75 Å². The Labute approximate surface area is 133 Å². The second-order valence-electron chi connectivity index (χ2n) is 4.71. The van der Waals surface area contributed by atoms with Crippen LogP contribution in [-0.4, -0.2) is 16.4 Å². The van der Waals surface area contributed by atoms with Gasteiger partial charge in [0.15, 0.2) is 0 Å². The molecule has 0 amide bonds. The summed E-state index contributed by atoms with van der Waals surface area (Å²) in [6.45, 7) is 5.63. The van der Waals surface area contributed by atoms with Crippen molar-refractivity contribution in [2.24, 2.45) is 5.84 Å². The molecule has 6 heteroatoms. The Hall–Kier alpha value is -1.37. The Morgan fingerprint density at radius 2 is 2.24 bits per heavy atom. The summed E-state index contributed by atoms with van der Waals surface area (Å²) in [7, 11) is 0.